The van der Waals surface area contributed by atoms with Crippen molar-refractivity contribution in [1.29, 1.82) is 5.26 Å². The molecule has 8 nitrogen and oxygen atoms in total. The van der Waals surface area contributed by atoms with Gasteiger partial charge in [-0.3, -0.25) is 9.89 Å². The van der Waals surface area contributed by atoms with Crippen LogP contribution in [0.25, 0.3) is 21.8 Å². The number of nitriles is 1. The van der Waals surface area contributed by atoms with E-state index in [4.69, 9.17) is 5.26 Å². The van der Waals surface area contributed by atoms with Crippen molar-refractivity contribution in [1.82, 2.24) is 25.5 Å². The number of nitrogens with zero attached hydrogens (tertiary/aromatic N) is 5. The number of hydrogen-bond donors (Lipinski definition) is 2. The number of amides is 1. The third-order valence-corrected chi connectivity index (χ3v) is 4.84. The Balaban J connectivity index is 1.66. The molecule has 0 aromatic carbocycles. The van der Waals surface area contributed by atoms with Crippen LogP contribution in [0.15, 0.2) is 24.7 Å². The number of fused-ring (bicyclic) bond motifs is 3. The molecular formula is C18H19N7O. The Morgan fingerprint density at radius 3 is 3.19 bits per heavy atom. The van der Waals surface area contributed by atoms with Crippen LogP contribution in [-0.4, -0.2) is 45.2 Å². The number of rotatable bonds is 3. The normalized spacial score (nSPS) is 18.6. The monoisotopic (exact) mass is 349 g/mol. The molecule has 3 aromatic heterocycles. The molecule has 2 atom stereocenters. The van der Waals surface area contributed by atoms with Crippen molar-refractivity contribution in [3.05, 3.63) is 24.7 Å². The molecule has 8 heteroatoms. The van der Waals surface area contributed by atoms with E-state index < -0.39 is 5.92 Å². The number of carbonyl (C=O) groups excluding carboxylic acids is 1. The molecule has 2 unspecified atom stereocenters. The van der Waals surface area contributed by atoms with Crippen molar-refractivity contribution in [3.63, 3.8) is 0 Å². The summed E-state index contributed by atoms with van der Waals surface area (Å²) >= 11 is 0. The van der Waals surface area contributed by atoms with Crippen molar-refractivity contribution < 1.29 is 4.79 Å². The number of aromatic amines is 1. The maximum atomic E-state index is 12.0. The fourth-order valence-corrected chi connectivity index (χ4v) is 3.47. The minimum atomic E-state index is -0.641. The Labute approximate surface area is 150 Å². The van der Waals surface area contributed by atoms with Crippen molar-refractivity contribution in [3.8, 4) is 6.07 Å². The quantitative estimate of drug-likeness (QED) is 0.745. The fourth-order valence-electron chi connectivity index (χ4n) is 3.47. The number of piperidine rings is 1. The molecule has 0 spiro atoms. The molecule has 0 radical (unpaired) electrons. The lowest BCUT2D eigenvalue weighted by Gasteiger charge is -2.35. The summed E-state index contributed by atoms with van der Waals surface area (Å²) in [5.41, 5.74) is 0.711. The van der Waals surface area contributed by atoms with Gasteiger partial charge in [0.1, 0.15) is 11.7 Å². The zero-order chi connectivity index (χ0) is 18.1. The maximum Gasteiger partial charge on any atom is 0.237 e. The number of pyridine rings is 1. The summed E-state index contributed by atoms with van der Waals surface area (Å²) < 4.78 is 0. The van der Waals surface area contributed by atoms with Gasteiger partial charge in [-0.2, -0.15) is 10.4 Å². The van der Waals surface area contributed by atoms with Crippen molar-refractivity contribution in [2.45, 2.75) is 25.8 Å². The van der Waals surface area contributed by atoms with E-state index in [2.05, 4.69) is 30.4 Å². The molecule has 0 saturated carbocycles. The van der Waals surface area contributed by atoms with Gasteiger partial charge in [-0.05, 0) is 25.8 Å². The SMILES string of the molecule is CC(C#N)C(=O)NC1CCCN(c2[nH]ncc3cnc4nccc4c23)C1. The zero-order valence-electron chi connectivity index (χ0n) is 14.4. The first-order valence-electron chi connectivity index (χ1n) is 8.69. The van der Waals surface area contributed by atoms with Crippen LogP contribution >= 0.6 is 0 Å². The van der Waals surface area contributed by atoms with E-state index in [0.717, 1.165) is 41.4 Å². The lowest BCUT2D eigenvalue weighted by Crippen LogP contribution is -2.49. The van der Waals surface area contributed by atoms with Crippen LogP contribution in [-0.2, 0) is 4.79 Å². The van der Waals surface area contributed by atoms with Crippen LogP contribution in [0.3, 0.4) is 0 Å². The van der Waals surface area contributed by atoms with Gasteiger partial charge in [0.2, 0.25) is 5.91 Å². The Morgan fingerprint density at radius 2 is 2.35 bits per heavy atom. The first kappa shape index (κ1) is 16.3. The number of hydrogen-bond acceptors (Lipinski definition) is 6. The molecule has 1 aliphatic rings. The topological polar surface area (TPSA) is 111 Å². The van der Waals surface area contributed by atoms with Crippen LogP contribution in [0.1, 0.15) is 19.8 Å². The highest BCUT2D eigenvalue weighted by molar-refractivity contribution is 6.09. The van der Waals surface area contributed by atoms with Gasteiger partial charge in [-0.25, -0.2) is 9.97 Å². The fraction of sp³-hybridized carbons (Fsp3) is 0.389. The largest absolute Gasteiger partial charge is 0.354 e. The molecule has 3 aromatic rings. The van der Waals surface area contributed by atoms with Gasteiger partial charge in [0.15, 0.2) is 5.65 Å². The maximum absolute atomic E-state index is 12.0. The van der Waals surface area contributed by atoms with Crippen molar-refractivity contribution in [2.24, 2.45) is 5.92 Å². The molecule has 4 heterocycles. The molecule has 1 amide bonds. The van der Waals surface area contributed by atoms with Crippen LogP contribution in [0.2, 0.25) is 0 Å². The van der Waals surface area contributed by atoms with Crippen LogP contribution < -0.4 is 10.2 Å². The predicted molar refractivity (Wildman–Crippen MR) is 97.3 cm³/mol. The second-order valence-corrected chi connectivity index (χ2v) is 6.63. The molecule has 1 saturated heterocycles. The zero-order valence-corrected chi connectivity index (χ0v) is 14.4. The Hall–Kier alpha value is -3.21. The summed E-state index contributed by atoms with van der Waals surface area (Å²) in [5.74, 6) is 0.0543. The molecule has 1 fully saturated rings. The van der Waals surface area contributed by atoms with E-state index in [1.54, 1.807) is 25.5 Å². The van der Waals surface area contributed by atoms with Crippen LogP contribution in [0.4, 0.5) is 5.82 Å². The summed E-state index contributed by atoms with van der Waals surface area (Å²) in [5, 5.41) is 22.3. The lowest BCUT2D eigenvalue weighted by atomic mass is 10.0. The summed E-state index contributed by atoms with van der Waals surface area (Å²) in [6.07, 6.45) is 7.14. The van der Waals surface area contributed by atoms with Gasteiger partial charge >= 0.3 is 0 Å². The smallest absolute Gasteiger partial charge is 0.237 e. The summed E-state index contributed by atoms with van der Waals surface area (Å²) in [4.78, 5) is 22.9. The highest BCUT2D eigenvalue weighted by atomic mass is 16.1. The predicted octanol–water partition coefficient (Wildman–Crippen LogP) is 1.75. The number of carbonyl (C=O) groups is 1. The van der Waals surface area contributed by atoms with Gasteiger partial charge in [-0.15, -0.1) is 0 Å². The van der Waals surface area contributed by atoms with Crippen LogP contribution in [0, 0.1) is 17.2 Å². The van der Waals surface area contributed by atoms with Gasteiger partial charge in [-0.1, -0.05) is 0 Å². The second kappa shape index (κ2) is 6.59. The molecule has 2 N–H and O–H groups in total. The van der Waals surface area contributed by atoms with Gasteiger partial charge in [0, 0.05) is 47.7 Å². The highest BCUT2D eigenvalue weighted by Gasteiger charge is 2.25. The molecular weight excluding hydrogens is 330 g/mol. The second-order valence-electron chi connectivity index (χ2n) is 6.63. The van der Waals surface area contributed by atoms with E-state index in [1.807, 2.05) is 12.1 Å². The summed E-state index contributed by atoms with van der Waals surface area (Å²) in [7, 11) is 0. The highest BCUT2D eigenvalue weighted by Crippen LogP contribution is 2.31. The number of H-pyrrole nitrogens is 1. The Morgan fingerprint density at radius 1 is 1.46 bits per heavy atom. The standard InChI is InChI=1S/C18H19N7O/c1-11(7-19)18(26)23-13-3-2-6-25(10-13)17-15-12(9-22-24-17)8-21-16-14(15)4-5-20-16/h4-5,8-9,11,13,24H,2-3,6,10H2,1H3,(H,23,26). The average Bonchev–Trinajstić information content (AvgIpc) is 3.16. The molecule has 26 heavy (non-hydrogen) atoms. The molecule has 1 aliphatic heterocycles. The van der Waals surface area contributed by atoms with E-state index in [1.165, 1.54) is 0 Å². The van der Waals surface area contributed by atoms with Crippen molar-refractivity contribution in [2.75, 3.05) is 18.0 Å². The van der Waals surface area contributed by atoms with Gasteiger partial charge in [0.25, 0.3) is 0 Å². The van der Waals surface area contributed by atoms with Gasteiger partial charge in [0.05, 0.1) is 12.3 Å². The Bertz CT molecular complexity index is 1010. The number of anilines is 1. The molecule has 132 valence electrons. The first-order chi connectivity index (χ1) is 12.7. The lowest BCUT2D eigenvalue weighted by molar-refractivity contribution is -0.123. The average molecular weight is 349 g/mol. The minimum absolute atomic E-state index is 0.00539. The Kier molecular flexibility index (Phi) is 4.13. The van der Waals surface area contributed by atoms with E-state index in [0.29, 0.717) is 12.2 Å². The molecule has 0 aliphatic carbocycles. The third-order valence-electron chi connectivity index (χ3n) is 4.84. The summed E-state index contributed by atoms with van der Waals surface area (Å²) in [6.45, 7) is 3.15. The van der Waals surface area contributed by atoms with Crippen LogP contribution in [0.5, 0.6) is 0 Å². The van der Waals surface area contributed by atoms with E-state index in [9.17, 15) is 4.79 Å². The van der Waals surface area contributed by atoms with Gasteiger partial charge < -0.3 is 10.2 Å². The minimum Gasteiger partial charge on any atom is -0.354 e. The summed E-state index contributed by atoms with van der Waals surface area (Å²) in [6, 6.07) is 3.95. The number of nitrogens with one attached hydrogen (secondary N) is 2. The van der Waals surface area contributed by atoms with E-state index >= 15 is 0 Å². The van der Waals surface area contributed by atoms with Crippen molar-refractivity contribution >= 4 is 33.5 Å². The number of aromatic nitrogens is 4. The van der Waals surface area contributed by atoms with E-state index in [-0.39, 0.29) is 11.9 Å². The third kappa shape index (κ3) is 2.81. The molecule has 4 rings (SSSR count). The molecule has 0 bridgehead atoms. The first-order valence-corrected chi connectivity index (χ1v) is 8.69.